The van der Waals surface area contributed by atoms with Crippen LogP contribution >= 0.6 is 11.3 Å². The Morgan fingerprint density at radius 2 is 2.16 bits per heavy atom. The number of rotatable bonds is 7. The van der Waals surface area contributed by atoms with Crippen LogP contribution in [0.2, 0.25) is 0 Å². The first-order valence-electron chi connectivity index (χ1n) is 6.15. The van der Waals surface area contributed by atoms with E-state index in [1.165, 1.54) is 24.2 Å². The second-order valence-corrected chi connectivity index (χ2v) is 8.00. The summed E-state index contributed by atoms with van der Waals surface area (Å²) in [5.41, 5.74) is 0.390. The predicted octanol–water partition coefficient (Wildman–Crippen LogP) is 0.792. The molecule has 1 aromatic heterocycles. The first kappa shape index (κ1) is 14.7. The highest BCUT2D eigenvalue weighted by atomic mass is 32.2. The summed E-state index contributed by atoms with van der Waals surface area (Å²) in [5.74, 6) is 0.666. The average molecular weight is 306 g/mol. The van der Waals surface area contributed by atoms with E-state index in [4.69, 9.17) is 4.74 Å². The van der Waals surface area contributed by atoms with E-state index in [1.54, 1.807) is 6.92 Å². The molecule has 0 amide bonds. The van der Waals surface area contributed by atoms with Crippen LogP contribution in [0.3, 0.4) is 0 Å². The Labute approximate surface area is 116 Å². The molecule has 0 unspecified atom stereocenters. The van der Waals surface area contributed by atoms with Crippen LogP contribution in [0, 0.1) is 12.8 Å². The number of sulfonamides is 1. The lowest BCUT2D eigenvalue weighted by molar-refractivity contribution is 0.117. The lowest BCUT2D eigenvalue weighted by atomic mass is 10.5. The van der Waals surface area contributed by atoms with Crippen molar-refractivity contribution in [2.75, 3.05) is 26.8 Å². The van der Waals surface area contributed by atoms with Crippen molar-refractivity contribution in [2.45, 2.75) is 24.0 Å². The molecular weight excluding hydrogens is 288 g/mol. The summed E-state index contributed by atoms with van der Waals surface area (Å²) >= 11 is 0.722. The van der Waals surface area contributed by atoms with E-state index in [2.05, 4.69) is 4.98 Å². The van der Waals surface area contributed by atoms with Gasteiger partial charge in [0.1, 0.15) is 0 Å². The zero-order chi connectivity index (χ0) is 14.0. The van der Waals surface area contributed by atoms with Crippen LogP contribution in [0.25, 0.3) is 0 Å². The van der Waals surface area contributed by atoms with Gasteiger partial charge < -0.3 is 9.72 Å². The van der Waals surface area contributed by atoms with Crippen LogP contribution in [-0.4, -0.2) is 44.5 Å². The smallest absolute Gasteiger partial charge is 0.305 e. The van der Waals surface area contributed by atoms with Crippen LogP contribution in [0.5, 0.6) is 0 Å². The molecule has 1 N–H and O–H groups in total. The van der Waals surface area contributed by atoms with Crippen molar-refractivity contribution < 1.29 is 13.2 Å². The molecule has 0 aliphatic heterocycles. The molecule has 0 radical (unpaired) electrons. The third-order valence-corrected chi connectivity index (χ3v) is 6.47. The van der Waals surface area contributed by atoms with E-state index < -0.39 is 10.0 Å². The topological polar surface area (TPSA) is 79.5 Å². The van der Waals surface area contributed by atoms with Gasteiger partial charge in [0, 0.05) is 25.9 Å². The van der Waals surface area contributed by atoms with Crippen molar-refractivity contribution in [1.82, 2.24) is 9.29 Å². The second kappa shape index (κ2) is 5.74. The Balaban J connectivity index is 1.93. The van der Waals surface area contributed by atoms with E-state index in [0.29, 0.717) is 31.4 Å². The highest BCUT2D eigenvalue weighted by Crippen LogP contribution is 2.28. The minimum atomic E-state index is -3.59. The molecule has 1 aromatic rings. The highest BCUT2D eigenvalue weighted by Gasteiger charge is 2.26. The van der Waals surface area contributed by atoms with Gasteiger partial charge in [-0.05, 0) is 25.7 Å². The Hall–Kier alpha value is -0.700. The Kier molecular flexibility index (Phi) is 4.44. The van der Waals surface area contributed by atoms with Gasteiger partial charge in [0.05, 0.1) is 6.61 Å². The maximum absolute atomic E-state index is 12.2. The second-order valence-electron chi connectivity index (χ2n) is 4.77. The third kappa shape index (κ3) is 3.65. The molecule has 6 nitrogen and oxygen atoms in total. The maximum Gasteiger partial charge on any atom is 0.305 e. The fraction of sp³-hybridized carbons (Fsp3) is 0.727. The molecule has 0 bridgehead atoms. The predicted molar refractivity (Wildman–Crippen MR) is 73.0 cm³/mol. The van der Waals surface area contributed by atoms with E-state index in [-0.39, 0.29) is 9.08 Å². The van der Waals surface area contributed by atoms with E-state index in [0.717, 1.165) is 11.3 Å². The van der Waals surface area contributed by atoms with Gasteiger partial charge in [-0.25, -0.2) is 8.42 Å². The van der Waals surface area contributed by atoms with E-state index >= 15 is 0 Å². The molecule has 1 heterocycles. The molecule has 0 atom stereocenters. The number of thiazole rings is 1. The molecular formula is C11H18N2O4S2. The molecule has 1 aliphatic carbocycles. The maximum atomic E-state index is 12.2. The van der Waals surface area contributed by atoms with Crippen molar-refractivity contribution in [2.24, 2.45) is 5.92 Å². The van der Waals surface area contributed by atoms with Crippen molar-refractivity contribution in [3.05, 3.63) is 15.4 Å². The van der Waals surface area contributed by atoms with Crippen LogP contribution in [0.15, 0.2) is 9.00 Å². The number of nitrogens with zero attached hydrogens (tertiary/aromatic N) is 1. The van der Waals surface area contributed by atoms with Gasteiger partial charge in [0.15, 0.2) is 4.21 Å². The summed E-state index contributed by atoms with van der Waals surface area (Å²) in [6, 6.07) is 0. The minimum Gasteiger partial charge on any atom is -0.380 e. The molecule has 1 aliphatic rings. The van der Waals surface area contributed by atoms with Crippen LogP contribution in [-0.2, 0) is 14.8 Å². The molecule has 8 heteroatoms. The van der Waals surface area contributed by atoms with Gasteiger partial charge in [-0.1, -0.05) is 11.3 Å². The Morgan fingerprint density at radius 1 is 1.47 bits per heavy atom. The molecule has 2 rings (SSSR count). The monoisotopic (exact) mass is 306 g/mol. The minimum absolute atomic E-state index is 0.0854. The lowest BCUT2D eigenvalue weighted by Gasteiger charge is -2.16. The molecule has 0 saturated heterocycles. The molecule has 0 spiro atoms. The van der Waals surface area contributed by atoms with Crippen LogP contribution in [0.4, 0.5) is 0 Å². The summed E-state index contributed by atoms with van der Waals surface area (Å²) in [4.78, 5) is 13.3. The zero-order valence-corrected chi connectivity index (χ0v) is 12.6. The molecule has 1 fully saturated rings. The average Bonchev–Trinajstić information content (AvgIpc) is 3.09. The van der Waals surface area contributed by atoms with Crippen molar-refractivity contribution >= 4 is 21.4 Å². The standard InChI is InChI=1S/C11H18N2O4S2/c1-8-10(18-11(14)12-8)19(15,16)13(2)5-6-17-7-9-3-4-9/h9H,3-7H2,1-2H3,(H,12,14). The van der Waals surface area contributed by atoms with Gasteiger partial charge in [-0.3, -0.25) is 4.79 Å². The van der Waals surface area contributed by atoms with Gasteiger partial charge >= 0.3 is 4.87 Å². The van der Waals surface area contributed by atoms with Gasteiger partial charge in [-0.2, -0.15) is 4.31 Å². The first-order chi connectivity index (χ1) is 8.91. The lowest BCUT2D eigenvalue weighted by Crippen LogP contribution is -2.30. The van der Waals surface area contributed by atoms with Crippen molar-refractivity contribution in [1.29, 1.82) is 0 Å². The van der Waals surface area contributed by atoms with E-state index in [1.807, 2.05) is 0 Å². The fourth-order valence-electron chi connectivity index (χ4n) is 1.63. The number of hydrogen-bond acceptors (Lipinski definition) is 5. The Morgan fingerprint density at radius 3 is 2.68 bits per heavy atom. The number of likely N-dealkylation sites (N-methyl/N-ethyl adjacent to an activating group) is 1. The van der Waals surface area contributed by atoms with Crippen LogP contribution in [0.1, 0.15) is 18.5 Å². The quantitative estimate of drug-likeness (QED) is 0.755. The van der Waals surface area contributed by atoms with Gasteiger partial charge in [-0.15, -0.1) is 0 Å². The number of nitrogens with one attached hydrogen (secondary N) is 1. The SMILES string of the molecule is Cc1[nH]c(=O)sc1S(=O)(=O)N(C)CCOCC1CC1. The number of aromatic nitrogens is 1. The number of hydrogen-bond donors (Lipinski definition) is 1. The molecule has 0 aromatic carbocycles. The zero-order valence-electron chi connectivity index (χ0n) is 11.0. The number of aromatic amines is 1. The summed E-state index contributed by atoms with van der Waals surface area (Å²) in [6.45, 7) is 2.97. The summed E-state index contributed by atoms with van der Waals surface area (Å²) in [7, 11) is -2.09. The normalized spacial score (nSPS) is 16.2. The van der Waals surface area contributed by atoms with Crippen molar-refractivity contribution in [3.8, 4) is 0 Å². The fourth-order valence-corrected chi connectivity index (χ4v) is 4.27. The summed E-state index contributed by atoms with van der Waals surface area (Å²) < 4.78 is 31.2. The highest BCUT2D eigenvalue weighted by molar-refractivity contribution is 7.91. The Bertz CT molecular complexity index is 586. The molecule has 19 heavy (non-hydrogen) atoms. The summed E-state index contributed by atoms with van der Waals surface area (Å²) in [5, 5.41) is 0. The first-order valence-corrected chi connectivity index (χ1v) is 8.40. The van der Waals surface area contributed by atoms with Gasteiger partial charge in [0.25, 0.3) is 10.0 Å². The summed E-state index contributed by atoms with van der Waals surface area (Å²) in [6.07, 6.45) is 2.43. The van der Waals surface area contributed by atoms with Crippen molar-refractivity contribution in [3.63, 3.8) is 0 Å². The van der Waals surface area contributed by atoms with Crippen LogP contribution < -0.4 is 4.87 Å². The molecule has 108 valence electrons. The molecule has 1 saturated carbocycles. The number of aryl methyl sites for hydroxylation is 1. The van der Waals surface area contributed by atoms with E-state index in [9.17, 15) is 13.2 Å². The van der Waals surface area contributed by atoms with Gasteiger partial charge in [0.2, 0.25) is 0 Å². The number of H-pyrrole nitrogens is 1. The largest absolute Gasteiger partial charge is 0.380 e. The third-order valence-electron chi connectivity index (χ3n) is 3.03. The number of ether oxygens (including phenoxy) is 1.